The third-order valence-electron chi connectivity index (χ3n) is 0.561. The van der Waals surface area contributed by atoms with E-state index >= 15 is 0 Å². The first-order chi connectivity index (χ1) is 3.93. The second kappa shape index (κ2) is 2.35. The molecule has 0 amide bonds. The zero-order valence-electron chi connectivity index (χ0n) is 3.87. The molecule has 0 spiro atoms. The zero-order valence-corrected chi connectivity index (χ0v) is 4.68. The number of isothiocyanates is 1. The van der Waals surface area contributed by atoms with Crippen LogP contribution in [0.25, 0.3) is 0 Å². The predicted molar refractivity (Wildman–Crippen MR) is 31.2 cm³/mol. The highest BCUT2D eigenvalue weighted by Gasteiger charge is 1.85. The molecule has 8 heavy (non-hydrogen) atoms. The molecule has 0 aliphatic heterocycles. The van der Waals surface area contributed by atoms with Crippen molar-refractivity contribution >= 4 is 23.4 Å². The molecule has 4 heteroatoms. The van der Waals surface area contributed by atoms with Gasteiger partial charge in [-0.3, -0.25) is 0 Å². The average Bonchev–Trinajstić information content (AvgIpc) is 2.19. The van der Waals surface area contributed by atoms with Crippen LogP contribution < -0.4 is 0 Å². The number of oxazole rings is 1. The fraction of sp³-hybridized carbons (Fsp3) is 0. The van der Waals surface area contributed by atoms with Crippen LogP contribution in [0.1, 0.15) is 0 Å². The minimum Gasteiger partial charge on any atom is -0.430 e. The first-order valence-electron chi connectivity index (χ1n) is 1.91. The van der Waals surface area contributed by atoms with Crippen LogP contribution in [0.2, 0.25) is 0 Å². The van der Waals surface area contributed by atoms with Crippen LogP contribution in [0.5, 0.6) is 0 Å². The fourth-order valence-corrected chi connectivity index (χ4v) is 0.388. The molecule has 0 bridgehead atoms. The minimum atomic E-state index is 0.250. The van der Waals surface area contributed by atoms with Crippen molar-refractivity contribution in [3.63, 3.8) is 0 Å². The van der Waals surface area contributed by atoms with Gasteiger partial charge in [0.25, 0.3) is 0 Å². The summed E-state index contributed by atoms with van der Waals surface area (Å²) < 4.78 is 4.67. The van der Waals surface area contributed by atoms with Crippen molar-refractivity contribution in [2.45, 2.75) is 0 Å². The Morgan fingerprint density at radius 3 is 3.25 bits per heavy atom. The summed E-state index contributed by atoms with van der Waals surface area (Å²) in [5.74, 6) is 0. The van der Waals surface area contributed by atoms with Gasteiger partial charge in [-0.1, -0.05) is 0 Å². The van der Waals surface area contributed by atoms with E-state index in [-0.39, 0.29) is 6.01 Å². The summed E-state index contributed by atoms with van der Waals surface area (Å²) in [6, 6.07) is 0.250. The summed E-state index contributed by atoms with van der Waals surface area (Å²) in [6.07, 6.45) is 2.91. The van der Waals surface area contributed by atoms with Crippen molar-refractivity contribution in [2.75, 3.05) is 0 Å². The Bertz CT molecular complexity index is 200. The normalized spacial score (nSPS) is 8.00. The van der Waals surface area contributed by atoms with Crippen LogP contribution in [0.4, 0.5) is 6.01 Å². The van der Waals surface area contributed by atoms with Gasteiger partial charge in [-0.05, 0) is 12.2 Å². The van der Waals surface area contributed by atoms with Gasteiger partial charge in [0.2, 0.25) is 0 Å². The Morgan fingerprint density at radius 1 is 1.88 bits per heavy atom. The summed E-state index contributed by atoms with van der Waals surface area (Å²) in [6.45, 7) is 0. The maximum atomic E-state index is 4.67. The molecule has 0 aliphatic carbocycles. The molecule has 0 aliphatic rings. The topological polar surface area (TPSA) is 38.4 Å². The number of hydrogen-bond acceptors (Lipinski definition) is 4. The number of nitrogens with zero attached hydrogens (tertiary/aromatic N) is 2. The predicted octanol–water partition coefficient (Wildman–Crippen LogP) is 1.41. The monoisotopic (exact) mass is 126 g/mol. The van der Waals surface area contributed by atoms with E-state index in [4.69, 9.17) is 0 Å². The highest BCUT2D eigenvalue weighted by Crippen LogP contribution is 2.03. The standard InChI is InChI=1S/C4H2N2OS/c8-3-6-4-5-1-2-7-4/h1-2H. The van der Waals surface area contributed by atoms with Crippen LogP contribution in [-0.4, -0.2) is 10.1 Å². The maximum Gasteiger partial charge on any atom is 0.330 e. The molecule has 0 atom stereocenters. The van der Waals surface area contributed by atoms with Gasteiger partial charge in [0, 0.05) is 0 Å². The molecule has 0 saturated heterocycles. The van der Waals surface area contributed by atoms with Crippen LogP contribution in [-0.2, 0) is 0 Å². The molecule has 3 nitrogen and oxygen atoms in total. The average molecular weight is 126 g/mol. The summed E-state index contributed by atoms with van der Waals surface area (Å²) >= 11 is 4.28. The SMILES string of the molecule is S=C=Nc1ncco1. The van der Waals surface area contributed by atoms with Crippen LogP contribution in [0.15, 0.2) is 21.9 Å². The Labute approximate surface area is 51.1 Å². The van der Waals surface area contributed by atoms with E-state index in [1.807, 2.05) is 0 Å². The zero-order chi connectivity index (χ0) is 5.82. The van der Waals surface area contributed by atoms with Crippen molar-refractivity contribution in [3.05, 3.63) is 12.5 Å². The van der Waals surface area contributed by atoms with Crippen LogP contribution in [0.3, 0.4) is 0 Å². The van der Waals surface area contributed by atoms with Crippen molar-refractivity contribution in [3.8, 4) is 0 Å². The third-order valence-corrected chi connectivity index (χ3v) is 0.652. The number of hydrogen-bond donors (Lipinski definition) is 0. The van der Waals surface area contributed by atoms with Crippen LogP contribution >= 0.6 is 12.2 Å². The van der Waals surface area contributed by atoms with Gasteiger partial charge in [-0.25, -0.2) is 0 Å². The van der Waals surface area contributed by atoms with Gasteiger partial charge in [-0.15, -0.1) is 4.99 Å². The fourth-order valence-electron chi connectivity index (χ4n) is 0.310. The molecule has 1 rings (SSSR count). The Morgan fingerprint density at radius 2 is 2.75 bits per heavy atom. The molecule has 40 valence electrons. The minimum absolute atomic E-state index is 0.250. The molecular weight excluding hydrogens is 124 g/mol. The van der Waals surface area contributed by atoms with Crippen LogP contribution in [0, 0.1) is 0 Å². The van der Waals surface area contributed by atoms with E-state index in [1.54, 1.807) is 0 Å². The largest absolute Gasteiger partial charge is 0.430 e. The smallest absolute Gasteiger partial charge is 0.330 e. The Hall–Kier alpha value is -0.990. The van der Waals surface area contributed by atoms with Crippen molar-refractivity contribution in [1.29, 1.82) is 0 Å². The van der Waals surface area contributed by atoms with E-state index in [0.29, 0.717) is 0 Å². The lowest BCUT2D eigenvalue weighted by molar-refractivity contribution is 0.570. The van der Waals surface area contributed by atoms with Crippen molar-refractivity contribution in [1.82, 2.24) is 4.98 Å². The number of aromatic nitrogens is 1. The quantitative estimate of drug-likeness (QED) is 0.421. The summed E-state index contributed by atoms with van der Waals surface area (Å²) in [7, 11) is 0. The molecule has 1 aromatic heterocycles. The molecule has 0 fully saturated rings. The van der Waals surface area contributed by atoms with Gasteiger partial charge in [0.05, 0.1) is 11.4 Å². The highest BCUT2D eigenvalue weighted by atomic mass is 32.1. The molecule has 0 unspecified atom stereocenters. The second-order valence-corrected chi connectivity index (χ2v) is 1.20. The Kier molecular flexibility index (Phi) is 1.51. The molecule has 0 aromatic carbocycles. The molecule has 1 heterocycles. The lowest BCUT2D eigenvalue weighted by Crippen LogP contribution is -1.54. The highest BCUT2D eigenvalue weighted by molar-refractivity contribution is 7.78. The molecule has 0 radical (unpaired) electrons. The molecular formula is C4H2N2OS. The summed E-state index contributed by atoms with van der Waals surface area (Å²) in [5.41, 5.74) is 0. The van der Waals surface area contributed by atoms with Crippen molar-refractivity contribution < 1.29 is 4.42 Å². The lowest BCUT2D eigenvalue weighted by atomic mass is 11.0. The first kappa shape index (κ1) is 5.15. The van der Waals surface area contributed by atoms with E-state index in [2.05, 4.69) is 31.8 Å². The number of rotatable bonds is 1. The van der Waals surface area contributed by atoms with Gasteiger partial charge in [-0.2, -0.15) is 4.98 Å². The van der Waals surface area contributed by atoms with Gasteiger partial charge in [0.15, 0.2) is 0 Å². The summed E-state index contributed by atoms with van der Waals surface area (Å²) in [5, 5.41) is 2.12. The molecule has 0 N–H and O–H groups in total. The number of aliphatic imine (C=N–C) groups is 1. The van der Waals surface area contributed by atoms with Gasteiger partial charge in [0.1, 0.15) is 6.26 Å². The lowest BCUT2D eigenvalue weighted by Gasteiger charge is -1.69. The van der Waals surface area contributed by atoms with E-state index in [0.717, 1.165) is 0 Å². The number of thiocarbonyl (C=S) groups is 1. The first-order valence-corrected chi connectivity index (χ1v) is 2.31. The van der Waals surface area contributed by atoms with Gasteiger partial charge >= 0.3 is 6.01 Å². The van der Waals surface area contributed by atoms with Crippen molar-refractivity contribution in [2.24, 2.45) is 4.99 Å². The molecule has 0 saturated carbocycles. The van der Waals surface area contributed by atoms with E-state index in [9.17, 15) is 0 Å². The van der Waals surface area contributed by atoms with E-state index < -0.39 is 0 Å². The van der Waals surface area contributed by atoms with Gasteiger partial charge < -0.3 is 4.42 Å². The third kappa shape index (κ3) is 0.992. The molecule has 1 aromatic rings. The maximum absolute atomic E-state index is 4.67. The summed E-state index contributed by atoms with van der Waals surface area (Å²) in [4.78, 5) is 7.10. The Balaban J connectivity index is 2.93. The second-order valence-electron chi connectivity index (χ2n) is 1.02. The van der Waals surface area contributed by atoms with E-state index in [1.165, 1.54) is 12.5 Å².